The molecule has 4 nitrogen and oxygen atoms in total. The van der Waals surface area contributed by atoms with Gasteiger partial charge in [0.1, 0.15) is 5.82 Å². The van der Waals surface area contributed by atoms with Crippen LogP contribution in [0.2, 0.25) is 0 Å². The number of thioether (sulfide) groups is 1. The SMILES string of the molecule is COC(=O)c1ccnc(NCCCSC)c1. The van der Waals surface area contributed by atoms with Crippen LogP contribution in [0.5, 0.6) is 0 Å². The molecule has 0 fully saturated rings. The van der Waals surface area contributed by atoms with Crippen LogP contribution in [0.25, 0.3) is 0 Å². The van der Waals surface area contributed by atoms with Crippen LogP contribution in [-0.4, -0.2) is 36.6 Å². The number of pyridine rings is 1. The number of aromatic nitrogens is 1. The average Bonchev–Trinajstić information content (AvgIpc) is 2.34. The van der Waals surface area contributed by atoms with Crippen molar-refractivity contribution in [2.75, 3.05) is 31.0 Å². The van der Waals surface area contributed by atoms with E-state index in [1.54, 1.807) is 18.3 Å². The second-order valence-corrected chi connectivity index (χ2v) is 4.18. The summed E-state index contributed by atoms with van der Waals surface area (Å²) >= 11 is 1.81. The maximum atomic E-state index is 11.3. The van der Waals surface area contributed by atoms with Crippen molar-refractivity contribution in [2.24, 2.45) is 0 Å². The van der Waals surface area contributed by atoms with Crippen LogP contribution in [0.1, 0.15) is 16.8 Å². The van der Waals surface area contributed by atoms with Crippen LogP contribution in [-0.2, 0) is 4.74 Å². The summed E-state index contributed by atoms with van der Waals surface area (Å²) in [6.45, 7) is 0.860. The van der Waals surface area contributed by atoms with Crippen molar-refractivity contribution < 1.29 is 9.53 Å². The van der Waals surface area contributed by atoms with Gasteiger partial charge in [0.2, 0.25) is 0 Å². The van der Waals surface area contributed by atoms with E-state index in [9.17, 15) is 4.79 Å². The van der Waals surface area contributed by atoms with Crippen LogP contribution in [0, 0.1) is 0 Å². The normalized spacial score (nSPS) is 9.88. The number of ether oxygens (including phenoxy) is 1. The van der Waals surface area contributed by atoms with Gasteiger partial charge in [0.25, 0.3) is 0 Å². The predicted molar refractivity (Wildman–Crippen MR) is 67.1 cm³/mol. The van der Waals surface area contributed by atoms with E-state index in [1.807, 2.05) is 11.8 Å². The third kappa shape index (κ3) is 4.10. The molecule has 1 heterocycles. The molecule has 0 saturated heterocycles. The Morgan fingerprint density at radius 2 is 2.44 bits per heavy atom. The first-order valence-electron chi connectivity index (χ1n) is 5.05. The van der Waals surface area contributed by atoms with Crippen molar-refractivity contribution >= 4 is 23.5 Å². The van der Waals surface area contributed by atoms with Gasteiger partial charge in [0, 0.05) is 12.7 Å². The number of anilines is 1. The minimum absolute atomic E-state index is 0.338. The standard InChI is InChI=1S/C11H16N2O2S/c1-15-11(14)9-4-6-13-10(8-9)12-5-3-7-16-2/h4,6,8H,3,5,7H2,1-2H3,(H,12,13). The molecule has 0 spiro atoms. The summed E-state index contributed by atoms with van der Waals surface area (Å²) in [5.41, 5.74) is 0.518. The summed E-state index contributed by atoms with van der Waals surface area (Å²) < 4.78 is 4.64. The van der Waals surface area contributed by atoms with Crippen molar-refractivity contribution in [3.05, 3.63) is 23.9 Å². The second-order valence-electron chi connectivity index (χ2n) is 3.19. The minimum atomic E-state index is -0.338. The van der Waals surface area contributed by atoms with E-state index in [-0.39, 0.29) is 5.97 Å². The Bertz CT molecular complexity index is 345. The van der Waals surface area contributed by atoms with E-state index in [1.165, 1.54) is 7.11 Å². The Morgan fingerprint density at radius 1 is 1.62 bits per heavy atom. The van der Waals surface area contributed by atoms with Crippen molar-refractivity contribution in [1.29, 1.82) is 0 Å². The summed E-state index contributed by atoms with van der Waals surface area (Å²) in [6.07, 6.45) is 4.75. The quantitative estimate of drug-likeness (QED) is 0.609. The number of methoxy groups -OCH3 is 1. The first-order chi connectivity index (χ1) is 7.77. The molecule has 0 amide bonds. The molecule has 1 aromatic heterocycles. The van der Waals surface area contributed by atoms with E-state index in [4.69, 9.17) is 0 Å². The molecule has 1 rings (SSSR count). The zero-order valence-electron chi connectivity index (χ0n) is 9.53. The van der Waals surface area contributed by atoms with Crippen LogP contribution in [0.4, 0.5) is 5.82 Å². The molecule has 16 heavy (non-hydrogen) atoms. The van der Waals surface area contributed by atoms with Crippen LogP contribution in [0.3, 0.4) is 0 Å². The summed E-state index contributed by atoms with van der Waals surface area (Å²) in [5.74, 6) is 1.49. The van der Waals surface area contributed by atoms with Crippen molar-refractivity contribution in [3.8, 4) is 0 Å². The molecule has 0 aliphatic carbocycles. The molecule has 0 aliphatic rings. The highest BCUT2D eigenvalue weighted by molar-refractivity contribution is 7.98. The fourth-order valence-electron chi connectivity index (χ4n) is 1.21. The number of rotatable bonds is 6. The van der Waals surface area contributed by atoms with Crippen molar-refractivity contribution in [2.45, 2.75) is 6.42 Å². The highest BCUT2D eigenvalue weighted by atomic mass is 32.2. The minimum Gasteiger partial charge on any atom is -0.465 e. The highest BCUT2D eigenvalue weighted by Crippen LogP contribution is 2.08. The Labute approximate surface area is 99.8 Å². The van der Waals surface area contributed by atoms with Gasteiger partial charge in [-0.2, -0.15) is 11.8 Å². The van der Waals surface area contributed by atoms with Crippen LogP contribution < -0.4 is 5.32 Å². The molecule has 0 radical (unpaired) electrons. The largest absolute Gasteiger partial charge is 0.465 e. The fourth-order valence-corrected chi connectivity index (χ4v) is 1.64. The second kappa shape index (κ2) is 7.11. The summed E-state index contributed by atoms with van der Waals surface area (Å²) in [6, 6.07) is 3.34. The molecule has 1 aromatic rings. The lowest BCUT2D eigenvalue weighted by Gasteiger charge is -2.05. The maximum absolute atomic E-state index is 11.3. The summed E-state index contributed by atoms with van der Waals surface area (Å²) in [5, 5.41) is 3.17. The predicted octanol–water partition coefficient (Wildman–Crippen LogP) is 2.03. The monoisotopic (exact) mass is 240 g/mol. The Balaban J connectivity index is 2.50. The lowest BCUT2D eigenvalue weighted by molar-refractivity contribution is 0.0600. The van der Waals surface area contributed by atoms with Gasteiger partial charge in [-0.05, 0) is 30.6 Å². The molecular weight excluding hydrogens is 224 g/mol. The third-order valence-electron chi connectivity index (χ3n) is 2.01. The first-order valence-corrected chi connectivity index (χ1v) is 6.44. The Kier molecular flexibility index (Phi) is 5.71. The number of carbonyl (C=O) groups is 1. The number of esters is 1. The third-order valence-corrected chi connectivity index (χ3v) is 2.71. The lowest BCUT2D eigenvalue weighted by atomic mass is 10.2. The molecule has 1 N–H and O–H groups in total. The summed E-state index contributed by atoms with van der Waals surface area (Å²) in [7, 11) is 1.37. The van der Waals surface area contributed by atoms with E-state index in [2.05, 4.69) is 21.3 Å². The molecule has 0 saturated carbocycles. The zero-order chi connectivity index (χ0) is 11.8. The van der Waals surface area contributed by atoms with Gasteiger partial charge in [-0.1, -0.05) is 0 Å². The molecule has 0 atom stereocenters. The smallest absolute Gasteiger partial charge is 0.338 e. The van der Waals surface area contributed by atoms with Gasteiger partial charge < -0.3 is 10.1 Å². The molecule has 5 heteroatoms. The van der Waals surface area contributed by atoms with Crippen molar-refractivity contribution in [3.63, 3.8) is 0 Å². The van der Waals surface area contributed by atoms with Gasteiger partial charge in [-0.25, -0.2) is 9.78 Å². The number of hydrogen-bond acceptors (Lipinski definition) is 5. The van der Waals surface area contributed by atoms with E-state index < -0.39 is 0 Å². The molecular formula is C11H16N2O2S. The van der Waals surface area contributed by atoms with Gasteiger partial charge in [0.15, 0.2) is 0 Å². The summed E-state index contributed by atoms with van der Waals surface area (Å²) in [4.78, 5) is 15.4. The topological polar surface area (TPSA) is 51.2 Å². The number of carbonyl (C=O) groups excluding carboxylic acids is 1. The molecule has 0 aromatic carbocycles. The van der Waals surface area contributed by atoms with Gasteiger partial charge in [-0.15, -0.1) is 0 Å². The Hall–Kier alpha value is -1.23. The van der Waals surface area contributed by atoms with E-state index in [0.717, 1.165) is 18.7 Å². The first kappa shape index (κ1) is 12.8. The van der Waals surface area contributed by atoms with Gasteiger partial charge in [-0.3, -0.25) is 0 Å². The van der Waals surface area contributed by atoms with Gasteiger partial charge >= 0.3 is 5.97 Å². The fraction of sp³-hybridized carbons (Fsp3) is 0.455. The average molecular weight is 240 g/mol. The van der Waals surface area contributed by atoms with Crippen LogP contribution in [0.15, 0.2) is 18.3 Å². The number of hydrogen-bond donors (Lipinski definition) is 1. The highest BCUT2D eigenvalue weighted by Gasteiger charge is 2.05. The zero-order valence-corrected chi connectivity index (χ0v) is 10.3. The van der Waals surface area contributed by atoms with Crippen LogP contribution >= 0.6 is 11.8 Å². The molecule has 0 unspecified atom stereocenters. The molecule has 0 bridgehead atoms. The molecule has 88 valence electrons. The van der Waals surface area contributed by atoms with Gasteiger partial charge in [0.05, 0.1) is 12.7 Å². The Morgan fingerprint density at radius 3 is 3.12 bits per heavy atom. The van der Waals surface area contributed by atoms with Crippen molar-refractivity contribution in [1.82, 2.24) is 4.98 Å². The molecule has 0 aliphatic heterocycles. The lowest BCUT2D eigenvalue weighted by Crippen LogP contribution is -2.07. The number of nitrogens with zero attached hydrogens (tertiary/aromatic N) is 1. The maximum Gasteiger partial charge on any atom is 0.338 e. The van der Waals surface area contributed by atoms with E-state index in [0.29, 0.717) is 11.4 Å². The van der Waals surface area contributed by atoms with E-state index >= 15 is 0 Å². The number of nitrogens with one attached hydrogen (secondary N) is 1.